The van der Waals surface area contributed by atoms with Gasteiger partial charge in [-0.15, -0.1) is 0 Å². The van der Waals surface area contributed by atoms with Gasteiger partial charge in [0.15, 0.2) is 0 Å². The van der Waals surface area contributed by atoms with Gasteiger partial charge in [0, 0.05) is 23.3 Å². The van der Waals surface area contributed by atoms with Gasteiger partial charge in [-0.3, -0.25) is 0 Å². The quantitative estimate of drug-likeness (QED) is 0.769. The number of likely N-dealkylation sites (tertiary alicyclic amines) is 1. The molecule has 1 amide bonds. The Balaban J connectivity index is 1.90. The van der Waals surface area contributed by atoms with E-state index in [0.29, 0.717) is 13.0 Å². The third kappa shape index (κ3) is 5.50. The highest BCUT2D eigenvalue weighted by Crippen LogP contribution is 2.22. The molecule has 1 unspecified atom stereocenters. The Morgan fingerprint density at radius 3 is 2.68 bits per heavy atom. The van der Waals surface area contributed by atoms with Crippen molar-refractivity contribution in [3.8, 4) is 0 Å². The maximum atomic E-state index is 12.2. The minimum atomic E-state index is -3.53. The van der Waals surface area contributed by atoms with Crippen LogP contribution in [0.2, 0.25) is 0 Å². The van der Waals surface area contributed by atoms with Crippen molar-refractivity contribution in [2.45, 2.75) is 38.3 Å². The first-order chi connectivity index (χ1) is 10.5. The second-order valence-corrected chi connectivity index (χ2v) is 8.31. The number of piperidine rings is 1. The van der Waals surface area contributed by atoms with E-state index in [4.69, 9.17) is 15.4 Å². The number of nitrogens with zero attached hydrogens (tertiary/aromatic N) is 1. The summed E-state index contributed by atoms with van der Waals surface area (Å²) >= 11 is 0. The van der Waals surface area contributed by atoms with Crippen molar-refractivity contribution in [3.05, 3.63) is 35.9 Å². The van der Waals surface area contributed by atoms with Crippen LogP contribution in [-0.2, 0) is 20.4 Å². The van der Waals surface area contributed by atoms with Gasteiger partial charge in [0.05, 0.1) is 5.75 Å². The number of carbonyl (C=O) groups is 1. The van der Waals surface area contributed by atoms with E-state index in [1.165, 1.54) is 0 Å². The molecule has 0 aliphatic carbocycles. The number of benzene rings is 1. The van der Waals surface area contributed by atoms with Crippen molar-refractivity contribution >= 4 is 25.8 Å². The van der Waals surface area contributed by atoms with E-state index in [1.807, 2.05) is 30.3 Å². The molecule has 1 aliphatic heterocycles. The number of hydrogen-bond acceptors (Lipinski definition) is 4. The number of halogens is 1. The fourth-order valence-electron chi connectivity index (χ4n) is 2.62. The van der Waals surface area contributed by atoms with Crippen LogP contribution in [0.4, 0.5) is 4.79 Å². The standard InChI is InChI=1S/C15H20ClNO4S/c16-22(19,20)11-9-14-8-4-5-10-17(14)15(18)21-12-13-6-2-1-3-7-13/h1-3,6-7,14H,4-5,8-12H2. The van der Waals surface area contributed by atoms with Crippen LogP contribution in [0.15, 0.2) is 30.3 Å². The smallest absolute Gasteiger partial charge is 0.410 e. The Kier molecular flexibility index (Phi) is 6.08. The normalized spacial score (nSPS) is 19.0. The predicted octanol–water partition coefficient (Wildman–Crippen LogP) is 3.14. The molecule has 1 aromatic rings. The summed E-state index contributed by atoms with van der Waals surface area (Å²) in [6.07, 6.45) is 2.64. The van der Waals surface area contributed by atoms with E-state index in [9.17, 15) is 13.2 Å². The minimum absolute atomic E-state index is 0.120. The van der Waals surface area contributed by atoms with Crippen molar-refractivity contribution in [2.24, 2.45) is 0 Å². The SMILES string of the molecule is O=C(OCc1ccccc1)N1CCCCC1CCS(=O)(=O)Cl. The van der Waals surface area contributed by atoms with Crippen molar-refractivity contribution < 1.29 is 17.9 Å². The summed E-state index contributed by atoms with van der Waals surface area (Å²) < 4.78 is 27.5. The number of carbonyl (C=O) groups excluding carboxylic acids is 1. The maximum absolute atomic E-state index is 12.2. The molecule has 1 heterocycles. The molecule has 0 aromatic heterocycles. The van der Waals surface area contributed by atoms with Crippen LogP contribution in [-0.4, -0.2) is 37.8 Å². The molecule has 7 heteroatoms. The second-order valence-electron chi connectivity index (χ2n) is 5.41. The highest BCUT2D eigenvalue weighted by molar-refractivity contribution is 8.13. The van der Waals surface area contributed by atoms with Gasteiger partial charge in [0.25, 0.3) is 0 Å². The van der Waals surface area contributed by atoms with Gasteiger partial charge >= 0.3 is 6.09 Å². The van der Waals surface area contributed by atoms with E-state index in [2.05, 4.69) is 0 Å². The van der Waals surface area contributed by atoms with Crippen LogP contribution in [0.3, 0.4) is 0 Å². The molecule has 22 heavy (non-hydrogen) atoms. The molecule has 0 saturated carbocycles. The lowest BCUT2D eigenvalue weighted by Gasteiger charge is -2.34. The van der Waals surface area contributed by atoms with Gasteiger partial charge in [0.1, 0.15) is 6.61 Å². The third-order valence-corrected chi connectivity index (χ3v) is 4.95. The molecule has 1 aliphatic rings. The van der Waals surface area contributed by atoms with Crippen molar-refractivity contribution in [2.75, 3.05) is 12.3 Å². The molecule has 0 N–H and O–H groups in total. The zero-order valence-corrected chi connectivity index (χ0v) is 13.9. The van der Waals surface area contributed by atoms with E-state index in [-0.39, 0.29) is 24.5 Å². The average Bonchev–Trinajstić information content (AvgIpc) is 2.51. The van der Waals surface area contributed by atoms with Gasteiger partial charge in [-0.25, -0.2) is 13.2 Å². The lowest BCUT2D eigenvalue weighted by atomic mass is 10.0. The molecule has 2 rings (SSSR count). The van der Waals surface area contributed by atoms with Gasteiger partial charge in [-0.1, -0.05) is 30.3 Å². The first-order valence-corrected chi connectivity index (χ1v) is 9.83. The summed E-state index contributed by atoms with van der Waals surface area (Å²) in [5.74, 6) is -0.123. The maximum Gasteiger partial charge on any atom is 0.410 e. The van der Waals surface area contributed by atoms with Crippen LogP contribution < -0.4 is 0 Å². The predicted molar refractivity (Wildman–Crippen MR) is 85.2 cm³/mol. The molecule has 1 fully saturated rings. The summed E-state index contributed by atoms with van der Waals surface area (Å²) in [5.41, 5.74) is 0.924. The largest absolute Gasteiger partial charge is 0.445 e. The average molecular weight is 346 g/mol. The minimum Gasteiger partial charge on any atom is -0.445 e. The molecule has 1 saturated heterocycles. The number of rotatable bonds is 5. The molecule has 1 aromatic carbocycles. The van der Waals surface area contributed by atoms with Gasteiger partial charge in [0.2, 0.25) is 9.05 Å². The Labute approximate surface area is 135 Å². The molecule has 0 spiro atoms. The van der Waals surface area contributed by atoms with Crippen LogP contribution in [0.25, 0.3) is 0 Å². The Morgan fingerprint density at radius 1 is 1.27 bits per heavy atom. The molecular weight excluding hydrogens is 326 g/mol. The summed E-state index contributed by atoms with van der Waals surface area (Å²) in [4.78, 5) is 13.9. The van der Waals surface area contributed by atoms with E-state index in [1.54, 1.807) is 4.90 Å². The molecule has 5 nitrogen and oxygen atoms in total. The van der Waals surface area contributed by atoms with Crippen LogP contribution in [0.5, 0.6) is 0 Å². The van der Waals surface area contributed by atoms with Crippen LogP contribution in [0.1, 0.15) is 31.2 Å². The zero-order valence-electron chi connectivity index (χ0n) is 12.3. The lowest BCUT2D eigenvalue weighted by Crippen LogP contribution is -2.44. The zero-order chi connectivity index (χ0) is 16.0. The first-order valence-electron chi connectivity index (χ1n) is 7.35. The Bertz CT molecular complexity index is 591. The third-order valence-electron chi connectivity index (χ3n) is 3.76. The molecular formula is C15H20ClNO4S. The highest BCUT2D eigenvalue weighted by atomic mass is 35.7. The topological polar surface area (TPSA) is 63.7 Å². The molecule has 0 radical (unpaired) electrons. The first kappa shape index (κ1) is 17.1. The second kappa shape index (κ2) is 7.83. The van der Waals surface area contributed by atoms with Gasteiger partial charge in [-0.2, -0.15) is 0 Å². The molecule has 122 valence electrons. The van der Waals surface area contributed by atoms with Crippen molar-refractivity contribution in [1.29, 1.82) is 0 Å². The molecule has 0 bridgehead atoms. The Hall–Kier alpha value is -1.27. The fourth-order valence-corrected chi connectivity index (χ4v) is 3.44. The number of hydrogen-bond donors (Lipinski definition) is 0. The van der Waals surface area contributed by atoms with E-state index < -0.39 is 9.05 Å². The number of ether oxygens (including phenoxy) is 1. The van der Waals surface area contributed by atoms with Crippen molar-refractivity contribution in [1.82, 2.24) is 4.90 Å². The van der Waals surface area contributed by atoms with Crippen LogP contribution in [0, 0.1) is 0 Å². The lowest BCUT2D eigenvalue weighted by molar-refractivity contribution is 0.0674. The number of amides is 1. The summed E-state index contributed by atoms with van der Waals surface area (Å²) in [7, 11) is 1.72. The summed E-state index contributed by atoms with van der Waals surface area (Å²) in [5, 5.41) is 0. The Morgan fingerprint density at radius 2 is 2.00 bits per heavy atom. The van der Waals surface area contributed by atoms with Crippen LogP contribution >= 0.6 is 10.7 Å². The highest BCUT2D eigenvalue weighted by Gasteiger charge is 2.28. The fraction of sp³-hybridized carbons (Fsp3) is 0.533. The van der Waals surface area contributed by atoms with Gasteiger partial charge in [-0.05, 0) is 31.2 Å². The van der Waals surface area contributed by atoms with E-state index >= 15 is 0 Å². The monoisotopic (exact) mass is 345 g/mol. The van der Waals surface area contributed by atoms with Gasteiger partial charge < -0.3 is 9.64 Å². The molecule has 1 atom stereocenters. The summed E-state index contributed by atoms with van der Waals surface area (Å²) in [6, 6.07) is 9.34. The van der Waals surface area contributed by atoms with Crippen molar-refractivity contribution in [3.63, 3.8) is 0 Å². The summed E-state index contributed by atoms with van der Waals surface area (Å²) in [6.45, 7) is 0.817. The van der Waals surface area contributed by atoms with E-state index in [0.717, 1.165) is 24.8 Å².